The highest BCUT2D eigenvalue weighted by atomic mass is 32.9. The summed E-state index contributed by atoms with van der Waals surface area (Å²) in [6, 6.07) is 0. The maximum atomic E-state index is 11.8. The number of aromatic nitrogens is 1. The highest BCUT2D eigenvalue weighted by molar-refractivity contribution is 7.70. The Kier molecular flexibility index (Phi) is 5.15. The molecule has 0 bridgehead atoms. The van der Waals surface area contributed by atoms with E-state index in [9.17, 15) is 9.59 Å². The van der Waals surface area contributed by atoms with Crippen molar-refractivity contribution in [2.24, 2.45) is 0 Å². The lowest BCUT2D eigenvalue weighted by molar-refractivity contribution is -0.116. The Balaban J connectivity index is 1.84. The fourth-order valence-corrected chi connectivity index (χ4v) is 4.13. The number of unbranched alkanes of at least 4 members (excludes halogenated alkanes) is 4. The van der Waals surface area contributed by atoms with E-state index >= 15 is 0 Å². The largest absolute Gasteiger partial charge is 0.320 e. The summed E-state index contributed by atoms with van der Waals surface area (Å²) in [5.41, 5.74) is 1.03. The summed E-state index contributed by atoms with van der Waals surface area (Å²) < 4.78 is 0. The summed E-state index contributed by atoms with van der Waals surface area (Å²) in [5.74, 6) is -0.0621. The summed E-state index contributed by atoms with van der Waals surface area (Å²) in [7, 11) is 3.06. The Labute approximate surface area is 119 Å². The number of anilines is 1. The van der Waals surface area contributed by atoms with Crippen LogP contribution in [0.4, 0.5) is 5.69 Å². The molecule has 2 rings (SSSR count). The molecule has 104 valence electrons. The zero-order valence-electron chi connectivity index (χ0n) is 11.0. The van der Waals surface area contributed by atoms with E-state index in [1.165, 1.54) is 29.6 Å². The van der Waals surface area contributed by atoms with Gasteiger partial charge in [-0.3, -0.25) is 9.59 Å². The standard InChI is InChI=1S/C13H18N2O2S2/c1-2-3-4-5-6-7-10(16)15-11-12-9(8-18-19-12)14-13(11)17/h8H,2-7H2,1H3,(H,14,17)(H,15,16). The minimum Gasteiger partial charge on any atom is -0.320 e. The molecule has 4 nitrogen and oxygen atoms in total. The predicted molar refractivity (Wildman–Crippen MR) is 81.4 cm³/mol. The number of hydrogen-bond donors (Lipinski definition) is 2. The Bertz CT molecular complexity index is 555. The van der Waals surface area contributed by atoms with Gasteiger partial charge in [-0.2, -0.15) is 0 Å². The van der Waals surface area contributed by atoms with E-state index in [0.29, 0.717) is 12.1 Å². The van der Waals surface area contributed by atoms with Crippen molar-refractivity contribution in [3.8, 4) is 10.6 Å². The van der Waals surface area contributed by atoms with E-state index in [4.69, 9.17) is 0 Å². The molecule has 6 heteroatoms. The van der Waals surface area contributed by atoms with Crippen LogP contribution in [-0.2, 0) is 4.79 Å². The van der Waals surface area contributed by atoms with E-state index in [-0.39, 0.29) is 11.5 Å². The van der Waals surface area contributed by atoms with E-state index in [1.807, 2.05) is 5.38 Å². The molecule has 2 heterocycles. The molecule has 0 fully saturated rings. The minimum absolute atomic E-state index is 0.0621. The molecule has 1 amide bonds. The molecule has 0 saturated carbocycles. The normalized spacial score (nSPS) is 11.0. The number of amides is 1. The predicted octanol–water partition coefficient (Wildman–Crippen LogP) is 3.90. The number of H-pyrrole nitrogens is 1. The zero-order valence-corrected chi connectivity index (χ0v) is 12.6. The van der Waals surface area contributed by atoms with Crippen molar-refractivity contribution < 1.29 is 4.79 Å². The highest BCUT2D eigenvalue weighted by Gasteiger charge is 2.18. The lowest BCUT2D eigenvalue weighted by atomic mass is 10.1. The lowest BCUT2D eigenvalue weighted by Crippen LogP contribution is -2.16. The van der Waals surface area contributed by atoms with Gasteiger partial charge < -0.3 is 10.3 Å². The van der Waals surface area contributed by atoms with Crippen LogP contribution in [0.3, 0.4) is 0 Å². The first-order valence-electron chi connectivity index (χ1n) is 6.61. The van der Waals surface area contributed by atoms with E-state index < -0.39 is 0 Å². The van der Waals surface area contributed by atoms with Crippen LogP contribution in [0.25, 0.3) is 10.6 Å². The number of fused-ring (bicyclic) bond motifs is 1. The van der Waals surface area contributed by atoms with Crippen molar-refractivity contribution in [3.63, 3.8) is 0 Å². The fraction of sp³-hybridized carbons (Fsp3) is 0.538. The number of hydrogen-bond acceptors (Lipinski definition) is 4. The number of carbonyl (C=O) groups excluding carboxylic acids is 1. The molecule has 2 N–H and O–H groups in total. The van der Waals surface area contributed by atoms with Gasteiger partial charge >= 0.3 is 0 Å². The molecule has 0 saturated heterocycles. The monoisotopic (exact) mass is 298 g/mol. The average molecular weight is 298 g/mol. The Morgan fingerprint density at radius 1 is 1.32 bits per heavy atom. The number of rotatable bonds is 7. The van der Waals surface area contributed by atoms with E-state index in [2.05, 4.69) is 17.2 Å². The van der Waals surface area contributed by atoms with Gasteiger partial charge in [-0.15, -0.1) is 0 Å². The summed E-state index contributed by atoms with van der Waals surface area (Å²) in [6.07, 6.45) is 6.06. The fourth-order valence-electron chi connectivity index (χ4n) is 1.97. The summed E-state index contributed by atoms with van der Waals surface area (Å²) in [5, 5.41) is 4.64. The molecule has 0 aromatic rings. The lowest BCUT2D eigenvalue weighted by Gasteiger charge is -2.03. The Morgan fingerprint density at radius 2 is 2.11 bits per heavy atom. The molecule has 2 aliphatic heterocycles. The third-order valence-electron chi connectivity index (χ3n) is 3.02. The summed E-state index contributed by atoms with van der Waals surface area (Å²) >= 11 is 0. The van der Waals surface area contributed by atoms with Crippen LogP contribution in [0.1, 0.15) is 45.4 Å². The minimum atomic E-state index is -0.201. The molecule has 0 unspecified atom stereocenters. The first-order chi connectivity index (χ1) is 9.22. The average Bonchev–Trinajstić information content (AvgIpc) is 2.93. The van der Waals surface area contributed by atoms with Crippen molar-refractivity contribution in [1.82, 2.24) is 4.98 Å². The van der Waals surface area contributed by atoms with Crippen LogP contribution >= 0.6 is 20.7 Å². The van der Waals surface area contributed by atoms with Gasteiger partial charge in [0.25, 0.3) is 5.56 Å². The van der Waals surface area contributed by atoms with Crippen LogP contribution in [0, 0.1) is 0 Å². The van der Waals surface area contributed by atoms with Crippen molar-refractivity contribution >= 4 is 32.3 Å². The topological polar surface area (TPSA) is 62.0 Å². The van der Waals surface area contributed by atoms with Crippen LogP contribution < -0.4 is 10.9 Å². The molecule has 0 aliphatic carbocycles. The molecule has 2 aliphatic rings. The van der Waals surface area contributed by atoms with Crippen LogP contribution in [0.2, 0.25) is 0 Å². The number of nitrogens with one attached hydrogen (secondary N) is 2. The summed E-state index contributed by atoms with van der Waals surface area (Å²) in [6.45, 7) is 2.17. The quantitative estimate of drug-likeness (QED) is 0.601. The van der Waals surface area contributed by atoms with Gasteiger partial charge in [0.05, 0.1) is 10.6 Å². The third kappa shape index (κ3) is 3.67. The highest BCUT2D eigenvalue weighted by Crippen LogP contribution is 2.35. The van der Waals surface area contributed by atoms with Crippen molar-refractivity contribution in [1.29, 1.82) is 0 Å². The molecular formula is C13H18N2O2S2. The SMILES string of the molecule is CCCCCCCC(=O)Nc1c2sscc-2[nH]c1=O. The zero-order chi connectivity index (χ0) is 13.7. The maximum absolute atomic E-state index is 11.8. The first kappa shape index (κ1) is 14.3. The van der Waals surface area contributed by atoms with Crippen molar-refractivity contribution in [3.05, 3.63) is 15.7 Å². The van der Waals surface area contributed by atoms with Crippen molar-refractivity contribution in [2.45, 2.75) is 45.4 Å². The second kappa shape index (κ2) is 6.86. The van der Waals surface area contributed by atoms with Crippen molar-refractivity contribution in [2.75, 3.05) is 5.32 Å². The van der Waals surface area contributed by atoms with Crippen LogP contribution in [-0.4, -0.2) is 10.9 Å². The molecule has 0 aromatic carbocycles. The smallest absolute Gasteiger partial charge is 0.273 e. The second-order valence-corrected chi connectivity index (χ2v) is 6.66. The van der Waals surface area contributed by atoms with E-state index in [0.717, 1.165) is 23.4 Å². The third-order valence-corrected chi connectivity index (χ3v) is 5.11. The van der Waals surface area contributed by atoms with Crippen LogP contribution in [0.5, 0.6) is 0 Å². The molecular weight excluding hydrogens is 280 g/mol. The molecule has 0 radical (unpaired) electrons. The Hall–Kier alpha value is -1.14. The van der Waals surface area contributed by atoms with Gasteiger partial charge in [-0.05, 0) is 6.42 Å². The molecule has 0 spiro atoms. The molecule has 0 atom stereocenters. The molecule has 0 aromatic heterocycles. The Morgan fingerprint density at radius 3 is 2.89 bits per heavy atom. The molecule has 19 heavy (non-hydrogen) atoms. The second-order valence-electron chi connectivity index (χ2n) is 4.58. The summed E-state index contributed by atoms with van der Waals surface area (Å²) in [4.78, 5) is 27.1. The number of carbonyl (C=O) groups is 1. The van der Waals surface area contributed by atoms with Gasteiger partial charge in [0.1, 0.15) is 5.69 Å². The van der Waals surface area contributed by atoms with Gasteiger partial charge in [0.15, 0.2) is 0 Å². The van der Waals surface area contributed by atoms with Gasteiger partial charge in [-0.1, -0.05) is 53.3 Å². The van der Waals surface area contributed by atoms with E-state index in [1.54, 1.807) is 10.3 Å². The first-order valence-corrected chi connectivity index (χ1v) is 8.83. The van der Waals surface area contributed by atoms with Gasteiger partial charge in [0.2, 0.25) is 5.91 Å². The van der Waals surface area contributed by atoms with Crippen LogP contribution in [0.15, 0.2) is 10.2 Å². The van der Waals surface area contributed by atoms with Gasteiger partial charge in [-0.25, -0.2) is 0 Å². The maximum Gasteiger partial charge on any atom is 0.273 e. The number of aromatic amines is 1. The van der Waals surface area contributed by atoms with Gasteiger partial charge in [0, 0.05) is 11.8 Å².